The Morgan fingerprint density at radius 2 is 1.59 bits per heavy atom. The molecule has 2 heterocycles. The van der Waals surface area contributed by atoms with Crippen molar-refractivity contribution in [2.24, 2.45) is 0 Å². The number of fused-ring (bicyclic) bond motifs is 1. The van der Waals surface area contributed by atoms with Gasteiger partial charge in [-0.2, -0.15) is 0 Å². The summed E-state index contributed by atoms with van der Waals surface area (Å²) in [6.45, 7) is 1.84. The first-order valence-electron chi connectivity index (χ1n) is 8.59. The van der Waals surface area contributed by atoms with Gasteiger partial charge in [-0.3, -0.25) is 4.79 Å². The highest BCUT2D eigenvalue weighted by Crippen LogP contribution is 2.40. The summed E-state index contributed by atoms with van der Waals surface area (Å²) in [6, 6.07) is 18.9. The number of aromatic nitrogens is 2. The Hall–Kier alpha value is -3.54. The fourth-order valence-electron chi connectivity index (χ4n) is 3.09. The van der Waals surface area contributed by atoms with Gasteiger partial charge in [0.1, 0.15) is 5.69 Å². The van der Waals surface area contributed by atoms with Gasteiger partial charge < -0.3 is 9.47 Å². The summed E-state index contributed by atoms with van der Waals surface area (Å²) < 4.78 is 10.4. The lowest BCUT2D eigenvalue weighted by atomic mass is 9.93. The summed E-state index contributed by atoms with van der Waals surface area (Å²) >= 11 is 0. The van der Waals surface area contributed by atoms with Crippen LogP contribution in [0.4, 0.5) is 0 Å². The first kappa shape index (κ1) is 16.9. The molecule has 1 aliphatic rings. The zero-order chi connectivity index (χ0) is 18.8. The van der Waals surface area contributed by atoms with Crippen molar-refractivity contribution in [2.45, 2.75) is 13.0 Å². The lowest BCUT2D eigenvalue weighted by Gasteiger charge is -2.11. The highest BCUT2D eigenvalue weighted by atomic mass is 16.6. The van der Waals surface area contributed by atoms with Gasteiger partial charge in [0.25, 0.3) is 6.10 Å². The Bertz CT molecular complexity index is 1000. The van der Waals surface area contributed by atoms with Crippen molar-refractivity contribution in [2.75, 3.05) is 6.61 Å². The maximum absolute atomic E-state index is 13.0. The van der Waals surface area contributed by atoms with Gasteiger partial charge in [0.2, 0.25) is 11.7 Å². The number of ketones is 1. The lowest BCUT2D eigenvalue weighted by molar-refractivity contribution is -0.148. The van der Waals surface area contributed by atoms with Crippen molar-refractivity contribution >= 4 is 11.8 Å². The first-order chi connectivity index (χ1) is 13.2. The summed E-state index contributed by atoms with van der Waals surface area (Å²) in [4.78, 5) is 25.1. The van der Waals surface area contributed by atoms with E-state index in [1.807, 2.05) is 60.7 Å². The second-order valence-corrected chi connectivity index (χ2v) is 5.95. The molecule has 0 amide bonds. The predicted molar refractivity (Wildman–Crippen MR) is 98.3 cm³/mol. The number of hydrogen-bond acceptors (Lipinski definition) is 6. The van der Waals surface area contributed by atoms with Gasteiger partial charge in [-0.25, -0.2) is 4.79 Å². The average Bonchev–Trinajstić information content (AvgIpc) is 3.06. The SMILES string of the molecule is CCOC(=O)C1Oc2nnc(-c3ccccc3)c(-c3ccccc3)c2C1=O. The summed E-state index contributed by atoms with van der Waals surface area (Å²) in [6.07, 6.45) is -1.34. The van der Waals surface area contributed by atoms with Gasteiger partial charge in [-0.15, -0.1) is 10.2 Å². The molecule has 27 heavy (non-hydrogen) atoms. The van der Waals surface area contributed by atoms with E-state index in [0.717, 1.165) is 11.1 Å². The Morgan fingerprint density at radius 3 is 2.22 bits per heavy atom. The second-order valence-electron chi connectivity index (χ2n) is 5.95. The summed E-state index contributed by atoms with van der Waals surface area (Å²) in [5, 5.41) is 8.36. The molecule has 0 N–H and O–H groups in total. The minimum absolute atomic E-state index is 0.0524. The van der Waals surface area contributed by atoms with E-state index in [9.17, 15) is 9.59 Å². The fourth-order valence-corrected chi connectivity index (χ4v) is 3.09. The Kier molecular flexibility index (Phi) is 4.38. The third-order valence-electron chi connectivity index (χ3n) is 4.27. The summed E-state index contributed by atoms with van der Waals surface area (Å²) in [5.74, 6) is -1.13. The van der Waals surface area contributed by atoms with Crippen LogP contribution in [0.15, 0.2) is 60.7 Å². The quantitative estimate of drug-likeness (QED) is 0.525. The molecule has 2 aromatic carbocycles. The number of carbonyl (C=O) groups excluding carboxylic acids is 2. The van der Waals surface area contributed by atoms with Crippen LogP contribution in [0.2, 0.25) is 0 Å². The van der Waals surface area contributed by atoms with E-state index in [0.29, 0.717) is 11.3 Å². The number of hydrogen-bond donors (Lipinski definition) is 0. The van der Waals surface area contributed by atoms with Crippen molar-refractivity contribution in [3.05, 3.63) is 66.2 Å². The molecule has 4 rings (SSSR count). The van der Waals surface area contributed by atoms with Gasteiger partial charge >= 0.3 is 5.97 Å². The number of Topliss-reactive ketones (excluding diaryl/α,β-unsaturated/α-hetero) is 1. The molecular formula is C21H16N2O4. The Morgan fingerprint density at radius 1 is 0.963 bits per heavy atom. The Balaban J connectivity index is 1.92. The normalized spacial score (nSPS) is 15.1. The van der Waals surface area contributed by atoms with E-state index in [2.05, 4.69) is 10.2 Å². The van der Waals surface area contributed by atoms with Crippen LogP contribution in [0, 0.1) is 0 Å². The molecule has 134 valence electrons. The van der Waals surface area contributed by atoms with Crippen molar-refractivity contribution in [1.29, 1.82) is 0 Å². The summed E-state index contributed by atoms with van der Waals surface area (Å²) in [5.41, 5.74) is 3.03. The van der Waals surface area contributed by atoms with E-state index in [1.165, 1.54) is 0 Å². The fraction of sp³-hybridized carbons (Fsp3) is 0.143. The maximum atomic E-state index is 13.0. The number of rotatable bonds is 4. The van der Waals surface area contributed by atoms with Crippen molar-refractivity contribution in [1.82, 2.24) is 10.2 Å². The lowest BCUT2D eigenvalue weighted by Crippen LogP contribution is -2.32. The van der Waals surface area contributed by atoms with Crippen molar-refractivity contribution in [3.63, 3.8) is 0 Å². The molecule has 0 bridgehead atoms. The van der Waals surface area contributed by atoms with Crippen LogP contribution < -0.4 is 4.74 Å². The standard InChI is InChI=1S/C21H16N2O4/c1-2-26-21(25)19-18(24)16-15(13-9-5-3-6-10-13)17(22-23-20(16)27-19)14-11-7-4-8-12-14/h3-12,19H,2H2,1H3. The molecule has 1 aromatic heterocycles. The van der Waals surface area contributed by atoms with Crippen LogP contribution in [0.5, 0.6) is 5.88 Å². The van der Waals surface area contributed by atoms with E-state index >= 15 is 0 Å². The zero-order valence-corrected chi connectivity index (χ0v) is 14.6. The van der Waals surface area contributed by atoms with Gasteiger partial charge in [-0.1, -0.05) is 60.7 Å². The Labute approximate surface area is 155 Å². The van der Waals surface area contributed by atoms with Crippen LogP contribution >= 0.6 is 0 Å². The van der Waals surface area contributed by atoms with Crippen LogP contribution in [0.1, 0.15) is 17.3 Å². The average molecular weight is 360 g/mol. The maximum Gasteiger partial charge on any atom is 0.355 e. The predicted octanol–water partition coefficient (Wildman–Crippen LogP) is 3.32. The van der Waals surface area contributed by atoms with Crippen LogP contribution in [-0.2, 0) is 9.53 Å². The van der Waals surface area contributed by atoms with E-state index in [4.69, 9.17) is 9.47 Å². The molecule has 3 aromatic rings. The largest absolute Gasteiger partial charge is 0.463 e. The van der Waals surface area contributed by atoms with Crippen molar-refractivity contribution < 1.29 is 19.1 Å². The topological polar surface area (TPSA) is 78.4 Å². The van der Waals surface area contributed by atoms with E-state index in [-0.39, 0.29) is 18.1 Å². The molecule has 0 saturated carbocycles. The van der Waals surface area contributed by atoms with Crippen LogP contribution in [0.3, 0.4) is 0 Å². The molecule has 1 atom stereocenters. The number of benzene rings is 2. The molecule has 0 spiro atoms. The molecule has 1 unspecified atom stereocenters. The smallest absolute Gasteiger partial charge is 0.355 e. The molecule has 6 nitrogen and oxygen atoms in total. The highest BCUT2D eigenvalue weighted by Gasteiger charge is 2.43. The van der Waals surface area contributed by atoms with Crippen LogP contribution in [-0.4, -0.2) is 34.7 Å². The third kappa shape index (κ3) is 2.95. The molecule has 1 aliphatic heterocycles. The van der Waals surface area contributed by atoms with Gasteiger partial charge in [0.05, 0.1) is 12.2 Å². The van der Waals surface area contributed by atoms with Crippen molar-refractivity contribution in [3.8, 4) is 28.3 Å². The second kappa shape index (κ2) is 6.99. The number of carbonyl (C=O) groups is 2. The highest BCUT2D eigenvalue weighted by molar-refractivity contribution is 6.18. The monoisotopic (exact) mass is 360 g/mol. The molecule has 0 saturated heterocycles. The van der Waals surface area contributed by atoms with Crippen LogP contribution in [0.25, 0.3) is 22.4 Å². The number of esters is 1. The van der Waals surface area contributed by atoms with Gasteiger partial charge in [0, 0.05) is 11.1 Å². The number of ether oxygens (including phenoxy) is 2. The van der Waals surface area contributed by atoms with Gasteiger partial charge in [0.15, 0.2) is 0 Å². The minimum Gasteiger partial charge on any atom is -0.463 e. The third-order valence-corrected chi connectivity index (χ3v) is 4.27. The van der Waals surface area contributed by atoms with E-state index in [1.54, 1.807) is 6.92 Å². The molecule has 0 fully saturated rings. The van der Waals surface area contributed by atoms with Gasteiger partial charge in [-0.05, 0) is 12.5 Å². The number of nitrogens with zero attached hydrogens (tertiary/aromatic N) is 2. The molecular weight excluding hydrogens is 344 g/mol. The molecule has 6 heteroatoms. The summed E-state index contributed by atoms with van der Waals surface area (Å²) in [7, 11) is 0. The molecule has 0 aliphatic carbocycles. The minimum atomic E-state index is -1.34. The zero-order valence-electron chi connectivity index (χ0n) is 14.6. The molecule has 0 radical (unpaired) electrons. The van der Waals surface area contributed by atoms with E-state index < -0.39 is 17.9 Å². The first-order valence-corrected chi connectivity index (χ1v) is 8.59.